The second-order valence-electron chi connectivity index (χ2n) is 4.07. The van der Waals surface area contributed by atoms with Crippen molar-refractivity contribution in [3.63, 3.8) is 0 Å². The minimum atomic E-state index is 0.755. The molecule has 0 saturated heterocycles. The Bertz CT molecular complexity index is 498. The molecule has 0 unspecified atom stereocenters. The van der Waals surface area contributed by atoms with E-state index in [4.69, 9.17) is 4.52 Å². The van der Waals surface area contributed by atoms with Crippen molar-refractivity contribution in [1.82, 2.24) is 15.0 Å². The van der Waals surface area contributed by atoms with E-state index in [9.17, 15) is 0 Å². The Kier molecular flexibility index (Phi) is 3.91. The number of hydrogen-bond acceptors (Lipinski definition) is 4. The maximum absolute atomic E-state index is 5.03. The maximum atomic E-state index is 5.03. The highest BCUT2D eigenvalue weighted by molar-refractivity contribution is 9.10. The van der Waals surface area contributed by atoms with Crippen LogP contribution in [0.2, 0.25) is 0 Å². The molecule has 2 aromatic rings. The molecule has 0 amide bonds. The Morgan fingerprint density at radius 1 is 1.29 bits per heavy atom. The van der Waals surface area contributed by atoms with Gasteiger partial charge in [0.15, 0.2) is 0 Å². The van der Waals surface area contributed by atoms with Crippen LogP contribution < -0.4 is 0 Å². The Morgan fingerprint density at radius 2 is 2.06 bits per heavy atom. The van der Waals surface area contributed by atoms with Gasteiger partial charge >= 0.3 is 0 Å². The highest BCUT2D eigenvalue weighted by Gasteiger charge is 2.06. The highest BCUT2D eigenvalue weighted by atomic mass is 79.9. The fourth-order valence-electron chi connectivity index (χ4n) is 1.64. The summed E-state index contributed by atoms with van der Waals surface area (Å²) >= 11 is 3.44. The van der Waals surface area contributed by atoms with Crippen LogP contribution in [0.3, 0.4) is 0 Å². The molecule has 0 aromatic carbocycles. The van der Waals surface area contributed by atoms with Gasteiger partial charge in [-0.3, -0.25) is 9.88 Å². The molecule has 2 heterocycles. The Morgan fingerprint density at radius 3 is 2.71 bits per heavy atom. The Labute approximate surface area is 109 Å². The van der Waals surface area contributed by atoms with Crippen LogP contribution in [0.5, 0.6) is 0 Å². The van der Waals surface area contributed by atoms with Crippen LogP contribution in [-0.4, -0.2) is 22.1 Å². The summed E-state index contributed by atoms with van der Waals surface area (Å²) in [6.45, 7) is 3.43. The molecule has 0 radical (unpaired) electrons. The van der Waals surface area contributed by atoms with Gasteiger partial charge in [0.1, 0.15) is 5.76 Å². The molecule has 0 aliphatic heterocycles. The molecule has 17 heavy (non-hydrogen) atoms. The van der Waals surface area contributed by atoms with Crippen LogP contribution in [0.4, 0.5) is 0 Å². The van der Waals surface area contributed by atoms with E-state index >= 15 is 0 Å². The van der Waals surface area contributed by atoms with Crippen LogP contribution >= 0.6 is 15.9 Å². The van der Waals surface area contributed by atoms with Gasteiger partial charge in [-0.05, 0) is 26.1 Å². The number of aromatic nitrogens is 2. The fourth-order valence-corrected chi connectivity index (χ4v) is 2.02. The monoisotopic (exact) mass is 295 g/mol. The lowest BCUT2D eigenvalue weighted by Crippen LogP contribution is -2.18. The third-order valence-corrected chi connectivity index (χ3v) is 2.81. The van der Waals surface area contributed by atoms with E-state index < -0.39 is 0 Å². The summed E-state index contributed by atoms with van der Waals surface area (Å²) in [5.41, 5.74) is 1.97. The molecule has 0 fully saturated rings. The van der Waals surface area contributed by atoms with E-state index in [0.29, 0.717) is 0 Å². The maximum Gasteiger partial charge on any atom is 0.133 e. The number of aryl methyl sites for hydroxylation is 1. The van der Waals surface area contributed by atoms with Crippen molar-refractivity contribution in [3.8, 4) is 0 Å². The SMILES string of the molecule is Cc1cc(CN(C)Cc2cc(Br)ccn2)no1. The molecule has 0 aliphatic rings. The van der Waals surface area contributed by atoms with E-state index in [0.717, 1.165) is 34.7 Å². The zero-order chi connectivity index (χ0) is 12.3. The van der Waals surface area contributed by atoms with Crippen molar-refractivity contribution in [3.05, 3.63) is 46.0 Å². The van der Waals surface area contributed by atoms with Crippen LogP contribution in [0.1, 0.15) is 17.1 Å². The molecule has 0 aliphatic carbocycles. The van der Waals surface area contributed by atoms with Gasteiger partial charge in [0.2, 0.25) is 0 Å². The van der Waals surface area contributed by atoms with Crippen molar-refractivity contribution in [1.29, 1.82) is 0 Å². The van der Waals surface area contributed by atoms with Crippen molar-refractivity contribution >= 4 is 15.9 Å². The topological polar surface area (TPSA) is 42.2 Å². The lowest BCUT2D eigenvalue weighted by Gasteiger charge is -2.14. The summed E-state index contributed by atoms with van der Waals surface area (Å²) < 4.78 is 6.08. The van der Waals surface area contributed by atoms with Gasteiger partial charge < -0.3 is 4.52 Å². The molecule has 0 N–H and O–H groups in total. The van der Waals surface area contributed by atoms with E-state index in [1.165, 1.54) is 0 Å². The first kappa shape index (κ1) is 12.3. The first-order chi connectivity index (χ1) is 8.13. The van der Waals surface area contributed by atoms with Gasteiger partial charge in [0.25, 0.3) is 0 Å². The average Bonchev–Trinajstić information content (AvgIpc) is 2.63. The van der Waals surface area contributed by atoms with E-state index in [2.05, 4.69) is 31.0 Å². The molecule has 2 rings (SSSR count). The number of nitrogens with zero attached hydrogens (tertiary/aromatic N) is 3. The Hall–Kier alpha value is -1.20. The van der Waals surface area contributed by atoms with Gasteiger partial charge in [0.05, 0.1) is 11.4 Å². The predicted octanol–water partition coefficient (Wildman–Crippen LogP) is 2.77. The van der Waals surface area contributed by atoms with Gasteiger partial charge in [-0.25, -0.2) is 0 Å². The van der Waals surface area contributed by atoms with Crippen molar-refractivity contribution in [2.24, 2.45) is 0 Å². The average molecular weight is 296 g/mol. The number of pyridine rings is 1. The summed E-state index contributed by atoms with van der Waals surface area (Å²) in [5, 5.41) is 3.97. The zero-order valence-electron chi connectivity index (χ0n) is 9.85. The van der Waals surface area contributed by atoms with Gasteiger partial charge in [-0.15, -0.1) is 0 Å². The van der Waals surface area contributed by atoms with Gasteiger partial charge in [-0.2, -0.15) is 0 Å². The van der Waals surface area contributed by atoms with Crippen molar-refractivity contribution in [2.75, 3.05) is 7.05 Å². The molecular formula is C12H14BrN3O. The highest BCUT2D eigenvalue weighted by Crippen LogP contribution is 2.12. The van der Waals surface area contributed by atoms with Crippen molar-refractivity contribution in [2.45, 2.75) is 20.0 Å². The molecule has 5 heteroatoms. The second-order valence-corrected chi connectivity index (χ2v) is 4.98. The quantitative estimate of drug-likeness (QED) is 0.870. The van der Waals surface area contributed by atoms with E-state index in [1.54, 1.807) is 6.20 Å². The third-order valence-electron chi connectivity index (χ3n) is 2.32. The molecule has 90 valence electrons. The van der Waals surface area contributed by atoms with E-state index in [1.807, 2.05) is 32.2 Å². The largest absolute Gasteiger partial charge is 0.361 e. The standard InChI is InChI=1S/C12H14BrN3O/c1-9-5-12(15-17-9)8-16(2)7-11-6-10(13)3-4-14-11/h3-6H,7-8H2,1-2H3. The fraction of sp³-hybridized carbons (Fsp3) is 0.333. The summed E-state index contributed by atoms with van der Waals surface area (Å²) in [6, 6.07) is 5.89. The predicted molar refractivity (Wildman–Crippen MR) is 68.3 cm³/mol. The van der Waals surface area contributed by atoms with E-state index in [-0.39, 0.29) is 0 Å². The first-order valence-electron chi connectivity index (χ1n) is 5.34. The van der Waals surface area contributed by atoms with Gasteiger partial charge in [0, 0.05) is 29.8 Å². The molecule has 0 saturated carbocycles. The lowest BCUT2D eigenvalue weighted by molar-refractivity contribution is 0.299. The van der Waals surface area contributed by atoms with Crippen LogP contribution in [0.15, 0.2) is 33.4 Å². The van der Waals surface area contributed by atoms with Crippen molar-refractivity contribution < 1.29 is 4.52 Å². The smallest absolute Gasteiger partial charge is 0.133 e. The molecule has 0 spiro atoms. The second kappa shape index (κ2) is 5.42. The van der Waals surface area contributed by atoms with Gasteiger partial charge in [-0.1, -0.05) is 21.1 Å². The molecule has 0 bridgehead atoms. The molecule has 4 nitrogen and oxygen atoms in total. The lowest BCUT2D eigenvalue weighted by atomic mass is 10.3. The minimum Gasteiger partial charge on any atom is -0.361 e. The molecule has 2 aromatic heterocycles. The number of hydrogen-bond donors (Lipinski definition) is 0. The first-order valence-corrected chi connectivity index (χ1v) is 6.14. The normalized spacial score (nSPS) is 11.1. The zero-order valence-corrected chi connectivity index (χ0v) is 11.4. The van der Waals surface area contributed by atoms with Crippen LogP contribution in [0.25, 0.3) is 0 Å². The number of halogens is 1. The Balaban J connectivity index is 1.95. The summed E-state index contributed by atoms with van der Waals surface area (Å²) in [7, 11) is 2.03. The number of rotatable bonds is 4. The minimum absolute atomic E-state index is 0.755. The van der Waals surface area contributed by atoms with Crippen LogP contribution in [0, 0.1) is 6.92 Å². The third kappa shape index (κ3) is 3.64. The molecular weight excluding hydrogens is 282 g/mol. The van der Waals surface area contributed by atoms with Crippen LogP contribution in [-0.2, 0) is 13.1 Å². The summed E-state index contributed by atoms with van der Waals surface area (Å²) in [4.78, 5) is 6.46. The summed E-state index contributed by atoms with van der Waals surface area (Å²) in [5.74, 6) is 0.842. The molecule has 0 atom stereocenters. The summed E-state index contributed by atoms with van der Waals surface area (Å²) in [6.07, 6.45) is 1.80.